The molecule has 0 radical (unpaired) electrons. The lowest BCUT2D eigenvalue weighted by Crippen LogP contribution is -2.24. The van der Waals surface area contributed by atoms with E-state index in [1.54, 1.807) is 6.08 Å². The van der Waals surface area contributed by atoms with Crippen molar-refractivity contribution in [2.24, 2.45) is 5.92 Å². The van der Waals surface area contributed by atoms with E-state index in [9.17, 15) is 5.11 Å². The van der Waals surface area contributed by atoms with Crippen molar-refractivity contribution >= 4 is 11.6 Å². The Labute approximate surface area is 61.3 Å². The average molecular weight is 149 g/mol. The summed E-state index contributed by atoms with van der Waals surface area (Å²) in [6, 6.07) is 0. The van der Waals surface area contributed by atoms with Crippen LogP contribution in [0.3, 0.4) is 0 Å². The van der Waals surface area contributed by atoms with Gasteiger partial charge in [0.25, 0.3) is 0 Å². The van der Waals surface area contributed by atoms with Gasteiger partial charge in [0.2, 0.25) is 0 Å². The lowest BCUT2D eigenvalue weighted by molar-refractivity contribution is 0.131. The SMILES string of the molecule is C=C[C@@H](Cl)[C@H](O)C(C)C. The largest absolute Gasteiger partial charge is 0.391 e. The van der Waals surface area contributed by atoms with Crippen LogP contribution < -0.4 is 0 Å². The Kier molecular flexibility index (Phi) is 3.91. The molecule has 0 fully saturated rings. The van der Waals surface area contributed by atoms with E-state index >= 15 is 0 Å². The van der Waals surface area contributed by atoms with Crippen molar-refractivity contribution in [2.75, 3.05) is 0 Å². The second-order valence-electron chi connectivity index (χ2n) is 2.41. The quantitative estimate of drug-likeness (QED) is 0.478. The van der Waals surface area contributed by atoms with Crippen molar-refractivity contribution in [1.82, 2.24) is 0 Å². The third kappa shape index (κ3) is 2.87. The van der Waals surface area contributed by atoms with E-state index < -0.39 is 6.10 Å². The Balaban J connectivity index is 3.71. The molecule has 0 heterocycles. The van der Waals surface area contributed by atoms with Gasteiger partial charge in [0.1, 0.15) is 0 Å². The molecule has 0 aromatic heterocycles. The van der Waals surface area contributed by atoms with Crippen molar-refractivity contribution in [3.63, 3.8) is 0 Å². The van der Waals surface area contributed by atoms with E-state index in [-0.39, 0.29) is 11.3 Å². The first-order valence-corrected chi connectivity index (χ1v) is 3.48. The van der Waals surface area contributed by atoms with Gasteiger partial charge >= 0.3 is 0 Å². The van der Waals surface area contributed by atoms with Crippen LogP contribution in [0.2, 0.25) is 0 Å². The topological polar surface area (TPSA) is 20.2 Å². The lowest BCUT2D eigenvalue weighted by atomic mass is 10.0. The van der Waals surface area contributed by atoms with Crippen LogP contribution in [0.25, 0.3) is 0 Å². The highest BCUT2D eigenvalue weighted by Crippen LogP contribution is 2.11. The van der Waals surface area contributed by atoms with Crippen LogP contribution in [-0.4, -0.2) is 16.6 Å². The molecule has 2 heteroatoms. The maximum Gasteiger partial charge on any atom is 0.0775 e. The number of halogens is 1. The molecule has 0 aliphatic heterocycles. The molecule has 0 aliphatic rings. The molecule has 0 bridgehead atoms. The van der Waals surface area contributed by atoms with E-state index in [1.807, 2.05) is 13.8 Å². The normalized spacial score (nSPS) is 17.4. The van der Waals surface area contributed by atoms with Gasteiger partial charge in [0.05, 0.1) is 11.5 Å². The number of alkyl halides is 1. The van der Waals surface area contributed by atoms with Crippen LogP contribution in [0.15, 0.2) is 12.7 Å². The van der Waals surface area contributed by atoms with Crippen molar-refractivity contribution in [3.05, 3.63) is 12.7 Å². The fourth-order valence-corrected chi connectivity index (χ4v) is 0.798. The maximum absolute atomic E-state index is 9.19. The maximum atomic E-state index is 9.19. The van der Waals surface area contributed by atoms with Gasteiger partial charge in [-0.15, -0.1) is 18.2 Å². The smallest absolute Gasteiger partial charge is 0.0775 e. The summed E-state index contributed by atoms with van der Waals surface area (Å²) in [5, 5.41) is 8.88. The number of aliphatic hydroxyl groups is 1. The van der Waals surface area contributed by atoms with Gasteiger partial charge in [-0.05, 0) is 5.92 Å². The highest BCUT2D eigenvalue weighted by Gasteiger charge is 2.15. The Hall–Kier alpha value is -0.0100. The summed E-state index contributed by atoms with van der Waals surface area (Å²) in [6.45, 7) is 7.31. The van der Waals surface area contributed by atoms with E-state index in [1.165, 1.54) is 0 Å². The van der Waals surface area contributed by atoms with Gasteiger partial charge < -0.3 is 5.11 Å². The molecule has 0 aromatic rings. The molecule has 0 saturated heterocycles. The highest BCUT2D eigenvalue weighted by atomic mass is 35.5. The molecule has 0 rings (SSSR count). The van der Waals surface area contributed by atoms with Gasteiger partial charge in [-0.1, -0.05) is 19.9 Å². The molecular weight excluding hydrogens is 136 g/mol. The molecular formula is C7H13ClO. The van der Waals surface area contributed by atoms with Gasteiger partial charge in [0, 0.05) is 0 Å². The molecule has 0 saturated carbocycles. The highest BCUT2D eigenvalue weighted by molar-refractivity contribution is 6.22. The van der Waals surface area contributed by atoms with Crippen molar-refractivity contribution in [2.45, 2.75) is 25.3 Å². The Bertz CT molecular complexity index is 90.9. The molecule has 0 aliphatic carbocycles. The van der Waals surface area contributed by atoms with Crippen molar-refractivity contribution in [1.29, 1.82) is 0 Å². The Morgan fingerprint density at radius 3 is 2.11 bits per heavy atom. The van der Waals surface area contributed by atoms with Gasteiger partial charge in [0.15, 0.2) is 0 Å². The summed E-state index contributed by atoms with van der Waals surface area (Å²) in [4.78, 5) is 0. The van der Waals surface area contributed by atoms with Gasteiger partial charge in [-0.2, -0.15) is 0 Å². The average Bonchev–Trinajstić information content (AvgIpc) is 1.84. The molecule has 0 amide bonds. The minimum Gasteiger partial charge on any atom is -0.391 e. The van der Waals surface area contributed by atoms with Crippen LogP contribution in [0.1, 0.15) is 13.8 Å². The molecule has 2 atom stereocenters. The second kappa shape index (κ2) is 3.91. The zero-order chi connectivity index (χ0) is 7.44. The van der Waals surface area contributed by atoms with Gasteiger partial charge in [-0.3, -0.25) is 0 Å². The third-order valence-electron chi connectivity index (χ3n) is 1.23. The monoisotopic (exact) mass is 148 g/mol. The molecule has 9 heavy (non-hydrogen) atoms. The fourth-order valence-electron chi connectivity index (χ4n) is 0.507. The van der Waals surface area contributed by atoms with Crippen LogP contribution in [0, 0.1) is 5.92 Å². The summed E-state index contributed by atoms with van der Waals surface area (Å²) >= 11 is 5.64. The minimum atomic E-state index is -0.468. The second-order valence-corrected chi connectivity index (χ2v) is 2.92. The summed E-state index contributed by atoms with van der Waals surface area (Å²) < 4.78 is 0. The molecule has 0 aromatic carbocycles. The van der Waals surface area contributed by atoms with E-state index in [4.69, 9.17) is 11.6 Å². The van der Waals surface area contributed by atoms with E-state index in [2.05, 4.69) is 6.58 Å². The number of hydrogen-bond acceptors (Lipinski definition) is 1. The zero-order valence-corrected chi connectivity index (χ0v) is 6.60. The predicted molar refractivity (Wildman–Crippen MR) is 40.7 cm³/mol. The predicted octanol–water partition coefficient (Wildman–Crippen LogP) is 1.80. The molecule has 1 N–H and O–H groups in total. The van der Waals surface area contributed by atoms with Crippen LogP contribution in [0.5, 0.6) is 0 Å². The molecule has 0 spiro atoms. The molecule has 1 nitrogen and oxygen atoms in total. The van der Waals surface area contributed by atoms with Crippen LogP contribution >= 0.6 is 11.6 Å². The number of rotatable bonds is 3. The third-order valence-corrected chi connectivity index (χ3v) is 1.67. The number of aliphatic hydroxyl groups excluding tert-OH is 1. The van der Waals surface area contributed by atoms with Gasteiger partial charge in [-0.25, -0.2) is 0 Å². The number of hydrogen-bond donors (Lipinski definition) is 1. The summed E-state index contributed by atoms with van der Waals surface area (Å²) in [5.41, 5.74) is 0. The van der Waals surface area contributed by atoms with Crippen molar-refractivity contribution in [3.8, 4) is 0 Å². The van der Waals surface area contributed by atoms with Crippen LogP contribution in [-0.2, 0) is 0 Å². The minimum absolute atomic E-state index is 0.200. The van der Waals surface area contributed by atoms with Crippen LogP contribution in [0.4, 0.5) is 0 Å². The first-order valence-electron chi connectivity index (χ1n) is 3.04. The Morgan fingerprint density at radius 2 is 2.00 bits per heavy atom. The van der Waals surface area contributed by atoms with Crippen molar-refractivity contribution < 1.29 is 5.11 Å². The van der Waals surface area contributed by atoms with E-state index in [0.717, 1.165) is 0 Å². The summed E-state index contributed by atoms with van der Waals surface area (Å²) in [6.07, 6.45) is 1.08. The zero-order valence-electron chi connectivity index (χ0n) is 5.84. The first-order chi connectivity index (χ1) is 4.09. The molecule has 54 valence electrons. The Morgan fingerprint density at radius 1 is 1.56 bits per heavy atom. The summed E-state index contributed by atoms with van der Waals surface area (Å²) in [7, 11) is 0. The fraction of sp³-hybridized carbons (Fsp3) is 0.714. The van der Waals surface area contributed by atoms with E-state index in [0.29, 0.717) is 0 Å². The summed E-state index contributed by atoms with van der Waals surface area (Å²) in [5.74, 6) is 0.200. The lowest BCUT2D eigenvalue weighted by Gasteiger charge is -2.16. The standard InChI is InChI=1S/C7H13ClO/c1-4-6(8)7(9)5(2)3/h4-7,9H,1H2,2-3H3/t6-,7-/m1/s1. The first kappa shape index (κ1) is 8.99. The molecule has 0 unspecified atom stereocenters.